The highest BCUT2D eigenvalue weighted by atomic mass is 16.1. The van der Waals surface area contributed by atoms with E-state index in [1.165, 1.54) is 16.8 Å². The van der Waals surface area contributed by atoms with E-state index in [1.807, 2.05) is 12.5 Å². The Labute approximate surface area is 125 Å². The van der Waals surface area contributed by atoms with Crippen LogP contribution in [-0.4, -0.2) is 21.5 Å². The molecule has 2 aromatic rings. The van der Waals surface area contributed by atoms with Gasteiger partial charge in [0.1, 0.15) is 0 Å². The van der Waals surface area contributed by atoms with Crippen LogP contribution in [0.4, 0.5) is 0 Å². The van der Waals surface area contributed by atoms with Crippen molar-refractivity contribution in [2.24, 2.45) is 0 Å². The molecule has 1 aliphatic heterocycles. The molecule has 0 aliphatic carbocycles. The van der Waals surface area contributed by atoms with Crippen LogP contribution < -0.4 is 5.32 Å². The molecule has 0 saturated carbocycles. The van der Waals surface area contributed by atoms with E-state index in [0.29, 0.717) is 6.42 Å². The average molecular weight is 283 g/mol. The number of aryl methyl sites for hydroxylation is 3. The number of hydrogen-bond donors (Lipinski definition) is 1. The summed E-state index contributed by atoms with van der Waals surface area (Å²) < 4.78 is 2.16. The first kappa shape index (κ1) is 13.9. The van der Waals surface area contributed by atoms with E-state index in [4.69, 9.17) is 0 Å². The molecule has 1 N–H and O–H groups in total. The summed E-state index contributed by atoms with van der Waals surface area (Å²) in [5.41, 5.74) is 3.68. The second-order valence-electron chi connectivity index (χ2n) is 5.82. The number of nitrogens with one attached hydrogen (secondary N) is 1. The Morgan fingerprint density at radius 2 is 2.19 bits per heavy atom. The fourth-order valence-corrected chi connectivity index (χ4v) is 2.80. The van der Waals surface area contributed by atoms with Crippen molar-refractivity contribution in [1.82, 2.24) is 14.9 Å². The highest BCUT2D eigenvalue weighted by molar-refractivity contribution is 5.76. The van der Waals surface area contributed by atoms with E-state index in [0.717, 1.165) is 25.8 Å². The van der Waals surface area contributed by atoms with Crippen LogP contribution in [0.15, 0.2) is 36.8 Å². The fraction of sp³-hybridized carbons (Fsp3) is 0.412. The molecular weight excluding hydrogens is 262 g/mol. The number of fused-ring (bicyclic) bond motifs is 1. The van der Waals surface area contributed by atoms with Crippen molar-refractivity contribution in [1.29, 1.82) is 0 Å². The Kier molecular flexibility index (Phi) is 4.04. The van der Waals surface area contributed by atoms with Crippen molar-refractivity contribution in [2.45, 2.75) is 45.2 Å². The standard InChI is InChI=1S/C17H21N3O/c1-13-2-4-14(5-3-13)6-7-17(21)19-15-8-9-20-12-18-11-16(20)10-15/h2-5,11-12,15H,6-10H2,1H3,(H,19,21). The number of benzene rings is 1. The molecule has 0 spiro atoms. The van der Waals surface area contributed by atoms with Crippen LogP contribution in [-0.2, 0) is 24.2 Å². The lowest BCUT2D eigenvalue weighted by Gasteiger charge is -2.24. The van der Waals surface area contributed by atoms with E-state index >= 15 is 0 Å². The second kappa shape index (κ2) is 6.12. The van der Waals surface area contributed by atoms with Crippen molar-refractivity contribution < 1.29 is 4.79 Å². The maximum atomic E-state index is 12.1. The predicted molar refractivity (Wildman–Crippen MR) is 82.0 cm³/mol. The number of rotatable bonds is 4. The first-order valence-corrected chi connectivity index (χ1v) is 7.54. The summed E-state index contributed by atoms with van der Waals surface area (Å²) in [5, 5.41) is 3.15. The number of aromatic nitrogens is 2. The molecule has 4 nitrogen and oxygen atoms in total. The fourth-order valence-electron chi connectivity index (χ4n) is 2.80. The zero-order valence-corrected chi connectivity index (χ0v) is 12.4. The van der Waals surface area contributed by atoms with Crippen LogP contribution in [0, 0.1) is 6.92 Å². The Hall–Kier alpha value is -2.10. The van der Waals surface area contributed by atoms with Gasteiger partial charge in [-0.05, 0) is 25.3 Å². The van der Waals surface area contributed by atoms with Gasteiger partial charge in [0, 0.05) is 37.3 Å². The van der Waals surface area contributed by atoms with Gasteiger partial charge >= 0.3 is 0 Å². The summed E-state index contributed by atoms with van der Waals surface area (Å²) in [4.78, 5) is 16.2. The van der Waals surface area contributed by atoms with Crippen LogP contribution in [0.3, 0.4) is 0 Å². The molecule has 1 aromatic carbocycles. The zero-order valence-electron chi connectivity index (χ0n) is 12.4. The molecule has 110 valence electrons. The molecule has 1 aromatic heterocycles. The van der Waals surface area contributed by atoms with E-state index in [-0.39, 0.29) is 11.9 Å². The SMILES string of the molecule is Cc1ccc(CCC(=O)NC2CCn3cncc3C2)cc1. The normalized spacial score (nSPS) is 17.3. The van der Waals surface area contributed by atoms with Gasteiger partial charge in [-0.1, -0.05) is 29.8 Å². The Morgan fingerprint density at radius 1 is 1.38 bits per heavy atom. The molecule has 0 bridgehead atoms. The molecule has 0 radical (unpaired) electrons. The molecule has 2 heterocycles. The van der Waals surface area contributed by atoms with Crippen molar-refractivity contribution in [2.75, 3.05) is 0 Å². The molecule has 1 unspecified atom stereocenters. The largest absolute Gasteiger partial charge is 0.353 e. The molecular formula is C17H21N3O. The van der Waals surface area contributed by atoms with Crippen LogP contribution in [0.5, 0.6) is 0 Å². The maximum Gasteiger partial charge on any atom is 0.220 e. The van der Waals surface area contributed by atoms with Gasteiger partial charge in [0.05, 0.1) is 6.33 Å². The number of carbonyl (C=O) groups is 1. The van der Waals surface area contributed by atoms with Gasteiger partial charge < -0.3 is 9.88 Å². The Morgan fingerprint density at radius 3 is 3.00 bits per heavy atom. The minimum absolute atomic E-state index is 0.147. The molecule has 1 atom stereocenters. The number of imidazole rings is 1. The predicted octanol–water partition coefficient (Wildman–Crippen LogP) is 2.26. The van der Waals surface area contributed by atoms with E-state index < -0.39 is 0 Å². The van der Waals surface area contributed by atoms with Gasteiger partial charge in [-0.2, -0.15) is 0 Å². The van der Waals surface area contributed by atoms with Gasteiger partial charge in [0.15, 0.2) is 0 Å². The molecule has 4 heteroatoms. The third kappa shape index (κ3) is 3.51. The number of carbonyl (C=O) groups excluding carboxylic acids is 1. The van der Waals surface area contributed by atoms with Gasteiger partial charge in [-0.25, -0.2) is 4.98 Å². The summed E-state index contributed by atoms with van der Waals surface area (Å²) in [7, 11) is 0. The number of amides is 1. The van der Waals surface area contributed by atoms with Crippen LogP contribution >= 0.6 is 0 Å². The van der Waals surface area contributed by atoms with E-state index in [2.05, 4.69) is 46.1 Å². The lowest BCUT2D eigenvalue weighted by atomic mass is 10.0. The molecule has 1 amide bonds. The summed E-state index contributed by atoms with van der Waals surface area (Å²) >= 11 is 0. The van der Waals surface area contributed by atoms with Crippen LogP contribution in [0.2, 0.25) is 0 Å². The van der Waals surface area contributed by atoms with Gasteiger partial charge in [-0.3, -0.25) is 4.79 Å². The monoisotopic (exact) mass is 283 g/mol. The minimum Gasteiger partial charge on any atom is -0.353 e. The molecule has 0 saturated heterocycles. The first-order valence-electron chi connectivity index (χ1n) is 7.54. The highest BCUT2D eigenvalue weighted by Gasteiger charge is 2.19. The van der Waals surface area contributed by atoms with Crippen LogP contribution in [0.1, 0.15) is 29.7 Å². The highest BCUT2D eigenvalue weighted by Crippen LogP contribution is 2.14. The first-order chi connectivity index (χ1) is 10.2. The van der Waals surface area contributed by atoms with Gasteiger partial charge in [-0.15, -0.1) is 0 Å². The smallest absolute Gasteiger partial charge is 0.220 e. The number of hydrogen-bond acceptors (Lipinski definition) is 2. The summed E-state index contributed by atoms with van der Waals surface area (Å²) in [6.45, 7) is 3.02. The van der Waals surface area contributed by atoms with Crippen molar-refractivity contribution in [3.63, 3.8) is 0 Å². The minimum atomic E-state index is 0.147. The van der Waals surface area contributed by atoms with Gasteiger partial charge in [0.2, 0.25) is 5.91 Å². The average Bonchev–Trinajstić information content (AvgIpc) is 2.94. The summed E-state index contributed by atoms with van der Waals surface area (Å²) in [5.74, 6) is 0.147. The van der Waals surface area contributed by atoms with Crippen molar-refractivity contribution in [3.05, 3.63) is 53.6 Å². The molecule has 1 aliphatic rings. The van der Waals surface area contributed by atoms with Crippen molar-refractivity contribution >= 4 is 5.91 Å². The Balaban J connectivity index is 1.47. The third-order valence-corrected chi connectivity index (χ3v) is 4.10. The van der Waals surface area contributed by atoms with Crippen molar-refractivity contribution in [3.8, 4) is 0 Å². The maximum absolute atomic E-state index is 12.1. The lowest BCUT2D eigenvalue weighted by molar-refractivity contribution is -0.121. The van der Waals surface area contributed by atoms with Gasteiger partial charge in [0.25, 0.3) is 0 Å². The van der Waals surface area contributed by atoms with Crippen LogP contribution in [0.25, 0.3) is 0 Å². The Bertz CT molecular complexity index is 615. The summed E-state index contributed by atoms with van der Waals surface area (Å²) in [6, 6.07) is 8.63. The topological polar surface area (TPSA) is 46.9 Å². The molecule has 0 fully saturated rings. The van der Waals surface area contributed by atoms with E-state index in [1.54, 1.807) is 0 Å². The molecule has 21 heavy (non-hydrogen) atoms. The summed E-state index contributed by atoms with van der Waals surface area (Å²) in [6.07, 6.45) is 6.99. The quantitative estimate of drug-likeness (QED) is 0.935. The van der Waals surface area contributed by atoms with E-state index in [9.17, 15) is 4.79 Å². The third-order valence-electron chi connectivity index (χ3n) is 4.10. The second-order valence-corrected chi connectivity index (χ2v) is 5.82. The zero-order chi connectivity index (χ0) is 14.7. The number of nitrogens with zero attached hydrogens (tertiary/aromatic N) is 2. The molecule has 3 rings (SSSR count). The lowest BCUT2D eigenvalue weighted by Crippen LogP contribution is -2.40.